The molecular formula is C24H21BrCl4N2O2S. The van der Waals surface area contributed by atoms with E-state index in [-0.39, 0.29) is 35.9 Å². The van der Waals surface area contributed by atoms with Gasteiger partial charge in [0, 0.05) is 27.5 Å². The normalized spacial score (nSPS) is 14.7. The number of halogens is 5. The maximum absolute atomic E-state index is 12.5. The molecular weight excluding hydrogens is 602 g/mol. The van der Waals surface area contributed by atoms with Gasteiger partial charge >= 0.3 is 0 Å². The molecule has 0 N–H and O–H groups in total. The Hall–Kier alpha value is -1.25. The molecule has 10 heteroatoms. The van der Waals surface area contributed by atoms with Gasteiger partial charge in [-0.05, 0) is 46.8 Å². The van der Waals surface area contributed by atoms with Crippen LogP contribution in [0.2, 0.25) is 15.1 Å². The van der Waals surface area contributed by atoms with Crippen LogP contribution in [0.5, 0.6) is 0 Å². The average Bonchev–Trinajstić information content (AvgIpc) is 3.48. The maximum atomic E-state index is 12.5. The topological polar surface area (TPSA) is 32.8 Å². The van der Waals surface area contributed by atoms with Crippen LogP contribution in [-0.4, -0.2) is 34.3 Å². The number of ether oxygens (including phenoxy) is 1. The molecule has 1 aliphatic rings. The maximum Gasteiger partial charge on any atom is 0.192 e. The molecule has 2 unspecified atom stereocenters. The lowest BCUT2D eigenvalue weighted by Crippen LogP contribution is -2.37. The van der Waals surface area contributed by atoms with Crippen molar-refractivity contribution in [2.45, 2.75) is 18.2 Å². The second kappa shape index (κ2) is 12.6. The predicted molar refractivity (Wildman–Crippen MR) is 147 cm³/mol. The number of rotatable bonds is 9. The summed E-state index contributed by atoms with van der Waals surface area (Å²) in [5, 5.41) is 3.62. The standard InChI is InChI=1S/C24H20Cl4N2O2S.BrH/c25-18-6-3-16(4-7-18)23(32-14-17-5-8-19(26)12-20(17)27)24(28)30-10-9-29(15-30)13-21(31)22-2-1-11-33-22;/h1-12,23-24H,13-15H2;1H. The lowest BCUT2D eigenvalue weighted by molar-refractivity contribution is 0.00699. The first-order valence-corrected chi connectivity index (χ1v) is 12.6. The van der Waals surface area contributed by atoms with Gasteiger partial charge in [0.05, 0.1) is 24.7 Å². The van der Waals surface area contributed by atoms with E-state index in [1.807, 2.05) is 57.9 Å². The minimum Gasteiger partial charge on any atom is -0.365 e. The number of hydrogen-bond acceptors (Lipinski definition) is 5. The van der Waals surface area contributed by atoms with Gasteiger partial charge in [-0.1, -0.05) is 70.7 Å². The molecule has 0 aliphatic carbocycles. The predicted octanol–water partition coefficient (Wildman–Crippen LogP) is 8.04. The quantitative estimate of drug-likeness (QED) is 0.137. The van der Waals surface area contributed by atoms with Crippen molar-refractivity contribution in [2.75, 3.05) is 13.2 Å². The summed E-state index contributed by atoms with van der Waals surface area (Å²) >= 11 is 26.8. The first-order chi connectivity index (χ1) is 15.9. The highest BCUT2D eigenvalue weighted by atomic mass is 79.9. The van der Waals surface area contributed by atoms with Crippen LogP contribution in [-0.2, 0) is 11.3 Å². The molecule has 0 spiro atoms. The summed E-state index contributed by atoms with van der Waals surface area (Å²) in [5.74, 6) is 0.0745. The second-order valence-corrected chi connectivity index (χ2v) is 10.2. The summed E-state index contributed by atoms with van der Waals surface area (Å²) in [6.45, 7) is 1.01. The SMILES string of the molecule is Br.O=C(CN1C=CN(C(Cl)C(OCc2ccc(Cl)cc2Cl)c2ccc(Cl)cc2)C1)c1cccs1. The number of thiophene rings is 1. The number of alkyl halides is 1. The van der Waals surface area contributed by atoms with E-state index >= 15 is 0 Å². The Balaban J connectivity index is 0.00000324. The molecule has 0 saturated heterocycles. The van der Waals surface area contributed by atoms with Gasteiger partial charge < -0.3 is 14.5 Å². The number of carbonyl (C=O) groups is 1. The third kappa shape index (κ3) is 6.91. The molecule has 0 radical (unpaired) electrons. The van der Waals surface area contributed by atoms with Crippen LogP contribution in [0.4, 0.5) is 0 Å². The molecule has 1 aromatic heterocycles. The molecule has 2 atom stereocenters. The first-order valence-electron chi connectivity index (χ1n) is 10.1. The van der Waals surface area contributed by atoms with Gasteiger partial charge in [-0.2, -0.15) is 0 Å². The van der Waals surface area contributed by atoms with Crippen LogP contribution in [0, 0.1) is 0 Å². The Morgan fingerprint density at radius 3 is 2.44 bits per heavy atom. The van der Waals surface area contributed by atoms with E-state index in [0.29, 0.717) is 21.7 Å². The smallest absolute Gasteiger partial charge is 0.192 e. The summed E-state index contributed by atoms with van der Waals surface area (Å²) in [6.07, 6.45) is 3.27. The summed E-state index contributed by atoms with van der Waals surface area (Å²) in [6, 6.07) is 16.4. The van der Waals surface area contributed by atoms with Crippen molar-refractivity contribution in [1.29, 1.82) is 0 Å². The molecule has 4 rings (SSSR count). The number of benzene rings is 2. The Bertz CT molecular complexity index is 1130. The van der Waals surface area contributed by atoms with Crippen molar-refractivity contribution >= 4 is 80.5 Å². The molecule has 34 heavy (non-hydrogen) atoms. The number of Topliss-reactive ketones (excluding diaryl/α,β-unsaturated/α-hetero) is 1. The van der Waals surface area contributed by atoms with Crippen LogP contribution in [0.1, 0.15) is 26.9 Å². The number of hydrogen-bond donors (Lipinski definition) is 0. The fourth-order valence-corrected chi connectivity index (χ4v) is 5.02. The number of ketones is 1. The zero-order valence-corrected chi connectivity index (χ0v) is 23.3. The molecule has 2 aromatic carbocycles. The van der Waals surface area contributed by atoms with Crippen LogP contribution in [0.3, 0.4) is 0 Å². The fourth-order valence-electron chi connectivity index (χ4n) is 3.43. The van der Waals surface area contributed by atoms with Gasteiger partial charge in [-0.15, -0.1) is 28.3 Å². The van der Waals surface area contributed by atoms with E-state index in [0.717, 1.165) is 16.0 Å². The van der Waals surface area contributed by atoms with Gasteiger partial charge in [0.25, 0.3) is 0 Å². The van der Waals surface area contributed by atoms with E-state index in [4.69, 9.17) is 51.1 Å². The minimum absolute atomic E-state index is 0. The van der Waals surface area contributed by atoms with Crippen LogP contribution in [0.15, 0.2) is 72.4 Å². The molecule has 3 aromatic rings. The van der Waals surface area contributed by atoms with Crippen LogP contribution in [0.25, 0.3) is 0 Å². The molecule has 0 bridgehead atoms. The fraction of sp³-hybridized carbons (Fsp3) is 0.208. The largest absolute Gasteiger partial charge is 0.365 e. The first kappa shape index (κ1) is 27.3. The van der Waals surface area contributed by atoms with Gasteiger partial charge in [-0.3, -0.25) is 4.79 Å². The third-order valence-corrected chi connectivity index (χ3v) is 7.38. The van der Waals surface area contributed by atoms with Gasteiger partial charge in [-0.25, -0.2) is 0 Å². The zero-order chi connectivity index (χ0) is 23.4. The van der Waals surface area contributed by atoms with E-state index < -0.39 is 11.6 Å². The highest BCUT2D eigenvalue weighted by Crippen LogP contribution is 2.33. The van der Waals surface area contributed by atoms with Crippen molar-refractivity contribution in [3.8, 4) is 0 Å². The lowest BCUT2D eigenvalue weighted by atomic mass is 10.1. The molecule has 0 amide bonds. The summed E-state index contributed by atoms with van der Waals surface area (Å²) in [4.78, 5) is 17.1. The molecule has 4 nitrogen and oxygen atoms in total. The van der Waals surface area contributed by atoms with Crippen molar-refractivity contribution in [3.63, 3.8) is 0 Å². The highest BCUT2D eigenvalue weighted by molar-refractivity contribution is 8.93. The molecule has 1 aliphatic heterocycles. The Morgan fingerprint density at radius 2 is 1.76 bits per heavy atom. The minimum atomic E-state index is -0.532. The monoisotopic (exact) mass is 620 g/mol. The van der Waals surface area contributed by atoms with E-state index in [1.54, 1.807) is 24.3 Å². The zero-order valence-electron chi connectivity index (χ0n) is 17.7. The molecule has 2 heterocycles. The Labute approximate surface area is 233 Å². The van der Waals surface area contributed by atoms with Crippen molar-refractivity contribution in [2.24, 2.45) is 0 Å². The number of carbonyl (C=O) groups excluding carboxylic acids is 1. The van der Waals surface area contributed by atoms with E-state index in [2.05, 4.69) is 0 Å². The molecule has 0 saturated carbocycles. The summed E-state index contributed by atoms with van der Waals surface area (Å²) in [7, 11) is 0. The van der Waals surface area contributed by atoms with Gasteiger partial charge in [0.1, 0.15) is 11.6 Å². The summed E-state index contributed by atoms with van der Waals surface area (Å²) in [5.41, 5.74) is 1.16. The second-order valence-electron chi connectivity index (χ2n) is 7.49. The average molecular weight is 623 g/mol. The van der Waals surface area contributed by atoms with Crippen LogP contribution < -0.4 is 0 Å². The van der Waals surface area contributed by atoms with E-state index in [1.165, 1.54) is 11.3 Å². The third-order valence-electron chi connectivity index (χ3n) is 5.16. The Kier molecular flexibility index (Phi) is 10.2. The van der Waals surface area contributed by atoms with Crippen molar-refractivity contribution in [1.82, 2.24) is 9.80 Å². The summed E-state index contributed by atoms with van der Waals surface area (Å²) < 4.78 is 6.26. The highest BCUT2D eigenvalue weighted by Gasteiger charge is 2.30. The van der Waals surface area contributed by atoms with Crippen molar-refractivity contribution < 1.29 is 9.53 Å². The molecule has 180 valence electrons. The van der Waals surface area contributed by atoms with E-state index in [9.17, 15) is 4.79 Å². The lowest BCUT2D eigenvalue weighted by Gasteiger charge is -2.31. The van der Waals surface area contributed by atoms with Crippen LogP contribution >= 0.6 is 74.7 Å². The Morgan fingerprint density at radius 1 is 1.03 bits per heavy atom. The molecule has 0 fully saturated rings. The van der Waals surface area contributed by atoms with Gasteiger partial charge in [0.15, 0.2) is 5.78 Å². The van der Waals surface area contributed by atoms with Gasteiger partial charge in [0.2, 0.25) is 0 Å². The number of nitrogens with zero attached hydrogens (tertiary/aromatic N) is 2. The van der Waals surface area contributed by atoms with Crippen molar-refractivity contribution in [3.05, 3.63) is 103 Å².